The molecular formula is C25H18ClN5O5. The standard InChI is InChI=1S/C25H18ClN5O5/c1-15-23(25(33)30(29(15)2)17-6-4-3-5-7-17)28-24(32)16(14-27)12-19-9-11-22(36-19)20-10-8-18(31(34)35)13-21(20)26/h3-13H,1-2H3,(H,28,32). The SMILES string of the molecule is Cc1c(NC(=O)C(C#N)=Cc2ccc(-c3ccc([N+](=O)[O-])cc3Cl)o2)c(=O)n(-c2ccccc2)n1C. The van der Waals surface area contributed by atoms with E-state index in [1.165, 1.54) is 35.0 Å². The number of nitrogens with zero attached hydrogens (tertiary/aromatic N) is 4. The first kappa shape index (κ1) is 24.3. The number of halogens is 1. The quantitative estimate of drug-likeness (QED) is 0.173. The van der Waals surface area contributed by atoms with Gasteiger partial charge in [-0.25, -0.2) is 4.68 Å². The molecule has 4 aromatic rings. The lowest BCUT2D eigenvalue weighted by Gasteiger charge is -2.07. The third kappa shape index (κ3) is 4.55. The van der Waals surface area contributed by atoms with Crippen molar-refractivity contribution in [3.05, 3.63) is 103 Å². The van der Waals surface area contributed by atoms with Crippen molar-refractivity contribution in [2.24, 2.45) is 7.05 Å². The zero-order valence-corrected chi connectivity index (χ0v) is 19.8. The van der Waals surface area contributed by atoms with Gasteiger partial charge in [0, 0.05) is 30.8 Å². The first-order valence-corrected chi connectivity index (χ1v) is 10.9. The number of amides is 1. The molecule has 4 rings (SSSR count). The van der Waals surface area contributed by atoms with Gasteiger partial charge in [-0.2, -0.15) is 5.26 Å². The summed E-state index contributed by atoms with van der Waals surface area (Å²) in [7, 11) is 1.69. The van der Waals surface area contributed by atoms with Crippen LogP contribution in [0.3, 0.4) is 0 Å². The average molecular weight is 504 g/mol. The molecule has 1 amide bonds. The first-order valence-electron chi connectivity index (χ1n) is 10.5. The molecule has 0 unspecified atom stereocenters. The number of rotatable bonds is 6. The summed E-state index contributed by atoms with van der Waals surface area (Å²) >= 11 is 6.15. The van der Waals surface area contributed by atoms with Crippen LogP contribution in [0.15, 0.2) is 75.4 Å². The van der Waals surface area contributed by atoms with Crippen LogP contribution in [0.2, 0.25) is 5.02 Å². The van der Waals surface area contributed by atoms with Crippen molar-refractivity contribution < 1.29 is 14.1 Å². The molecule has 0 bridgehead atoms. The van der Waals surface area contributed by atoms with Gasteiger partial charge in [-0.15, -0.1) is 0 Å². The number of para-hydroxylation sites is 1. The molecule has 0 aliphatic rings. The van der Waals surface area contributed by atoms with Gasteiger partial charge in [0.1, 0.15) is 28.9 Å². The number of non-ortho nitro benzene ring substituents is 1. The molecule has 0 atom stereocenters. The number of hydrogen-bond donors (Lipinski definition) is 1. The third-order valence-corrected chi connectivity index (χ3v) is 5.81. The maximum Gasteiger partial charge on any atom is 0.295 e. The number of nitro benzene ring substituents is 1. The Bertz CT molecular complexity index is 1620. The molecule has 10 nitrogen and oxygen atoms in total. The van der Waals surface area contributed by atoms with Gasteiger partial charge in [0.15, 0.2) is 0 Å². The Kier molecular flexibility index (Phi) is 6.58. The smallest absolute Gasteiger partial charge is 0.295 e. The largest absolute Gasteiger partial charge is 0.457 e. The van der Waals surface area contributed by atoms with Crippen molar-refractivity contribution in [3.8, 4) is 23.1 Å². The Balaban J connectivity index is 1.61. The fourth-order valence-electron chi connectivity index (χ4n) is 3.58. The number of nitriles is 1. The molecule has 0 spiro atoms. The zero-order valence-electron chi connectivity index (χ0n) is 19.1. The summed E-state index contributed by atoms with van der Waals surface area (Å²) in [6, 6.07) is 17.8. The molecule has 0 radical (unpaired) electrons. The molecule has 0 aliphatic carbocycles. The third-order valence-electron chi connectivity index (χ3n) is 5.50. The van der Waals surface area contributed by atoms with E-state index in [1.807, 2.05) is 12.1 Å². The monoisotopic (exact) mass is 503 g/mol. The summed E-state index contributed by atoms with van der Waals surface area (Å²) in [4.78, 5) is 36.2. The second kappa shape index (κ2) is 9.77. The Hall–Kier alpha value is -4.88. The van der Waals surface area contributed by atoms with E-state index < -0.39 is 16.4 Å². The molecule has 2 aromatic carbocycles. The Morgan fingerprint density at radius 3 is 2.56 bits per heavy atom. The maximum absolute atomic E-state index is 13.0. The Labute approximate surface area is 209 Å². The van der Waals surface area contributed by atoms with Crippen molar-refractivity contribution in [3.63, 3.8) is 0 Å². The molecule has 0 saturated heterocycles. The van der Waals surface area contributed by atoms with Crippen LogP contribution < -0.4 is 10.9 Å². The van der Waals surface area contributed by atoms with E-state index in [0.29, 0.717) is 22.7 Å². The van der Waals surface area contributed by atoms with Gasteiger partial charge in [-0.3, -0.25) is 24.4 Å². The van der Waals surface area contributed by atoms with Crippen LogP contribution in [-0.2, 0) is 11.8 Å². The predicted octanol–water partition coefficient (Wildman–Crippen LogP) is 4.85. The van der Waals surface area contributed by atoms with E-state index in [2.05, 4.69) is 5.32 Å². The minimum Gasteiger partial charge on any atom is -0.457 e. The van der Waals surface area contributed by atoms with Crippen molar-refractivity contribution in [2.75, 3.05) is 5.32 Å². The van der Waals surface area contributed by atoms with Crippen LogP contribution in [0.1, 0.15) is 11.5 Å². The van der Waals surface area contributed by atoms with Crippen molar-refractivity contribution in [1.82, 2.24) is 9.36 Å². The molecule has 2 aromatic heterocycles. The average Bonchev–Trinajstić information content (AvgIpc) is 3.41. The summed E-state index contributed by atoms with van der Waals surface area (Å²) in [5, 5.41) is 23.1. The van der Waals surface area contributed by atoms with Crippen LogP contribution in [0.5, 0.6) is 0 Å². The lowest BCUT2D eigenvalue weighted by Crippen LogP contribution is -2.23. The fourth-order valence-corrected chi connectivity index (χ4v) is 3.84. The number of hydrogen-bond acceptors (Lipinski definition) is 6. The molecule has 0 aliphatic heterocycles. The molecule has 1 N–H and O–H groups in total. The molecule has 180 valence electrons. The predicted molar refractivity (Wildman–Crippen MR) is 134 cm³/mol. The van der Waals surface area contributed by atoms with Crippen molar-refractivity contribution >= 4 is 35.0 Å². The highest BCUT2D eigenvalue weighted by Crippen LogP contribution is 2.32. The second-order valence-corrected chi connectivity index (χ2v) is 8.09. The minimum absolute atomic E-state index is 0.0466. The first-order chi connectivity index (χ1) is 17.2. The van der Waals surface area contributed by atoms with Crippen molar-refractivity contribution in [2.45, 2.75) is 6.92 Å². The number of carbonyl (C=O) groups is 1. The molecule has 2 heterocycles. The molecule has 11 heteroatoms. The van der Waals surface area contributed by atoms with Crippen LogP contribution >= 0.6 is 11.6 Å². The van der Waals surface area contributed by atoms with Crippen LogP contribution in [0.4, 0.5) is 11.4 Å². The zero-order chi connectivity index (χ0) is 26.0. The summed E-state index contributed by atoms with van der Waals surface area (Å²) in [6.45, 7) is 1.68. The highest BCUT2D eigenvalue weighted by atomic mass is 35.5. The number of aromatic nitrogens is 2. The number of furan rings is 1. The molecular weight excluding hydrogens is 486 g/mol. The van der Waals surface area contributed by atoms with Crippen LogP contribution in [-0.4, -0.2) is 20.2 Å². The highest BCUT2D eigenvalue weighted by molar-refractivity contribution is 6.33. The number of nitro groups is 1. The summed E-state index contributed by atoms with van der Waals surface area (Å²) < 4.78 is 8.70. The van der Waals surface area contributed by atoms with Gasteiger partial charge >= 0.3 is 0 Å². The summed E-state index contributed by atoms with van der Waals surface area (Å²) in [5.74, 6) is -0.309. The van der Waals surface area contributed by atoms with E-state index in [4.69, 9.17) is 16.0 Å². The fraction of sp³-hybridized carbons (Fsp3) is 0.0800. The molecule has 0 fully saturated rings. The lowest BCUT2D eigenvalue weighted by atomic mass is 10.1. The maximum atomic E-state index is 13.0. The summed E-state index contributed by atoms with van der Waals surface area (Å²) in [5.41, 5.74) is 0.678. The van der Waals surface area contributed by atoms with E-state index in [1.54, 1.807) is 49.0 Å². The summed E-state index contributed by atoms with van der Waals surface area (Å²) in [6.07, 6.45) is 1.23. The lowest BCUT2D eigenvalue weighted by molar-refractivity contribution is -0.384. The van der Waals surface area contributed by atoms with Crippen molar-refractivity contribution in [1.29, 1.82) is 5.26 Å². The van der Waals surface area contributed by atoms with Crippen LogP contribution in [0.25, 0.3) is 23.1 Å². The van der Waals surface area contributed by atoms with E-state index in [-0.39, 0.29) is 27.7 Å². The Morgan fingerprint density at radius 2 is 1.92 bits per heavy atom. The van der Waals surface area contributed by atoms with Gasteiger partial charge in [0.05, 0.1) is 21.3 Å². The van der Waals surface area contributed by atoms with E-state index in [0.717, 1.165) is 0 Å². The Morgan fingerprint density at radius 1 is 1.19 bits per heavy atom. The van der Waals surface area contributed by atoms with Gasteiger partial charge in [0.25, 0.3) is 17.2 Å². The number of carbonyl (C=O) groups excluding carboxylic acids is 1. The van der Waals surface area contributed by atoms with E-state index >= 15 is 0 Å². The second-order valence-electron chi connectivity index (χ2n) is 7.68. The van der Waals surface area contributed by atoms with Gasteiger partial charge < -0.3 is 9.73 Å². The number of anilines is 1. The van der Waals surface area contributed by atoms with Gasteiger partial charge in [0.2, 0.25) is 0 Å². The minimum atomic E-state index is -0.783. The number of benzene rings is 2. The molecule has 36 heavy (non-hydrogen) atoms. The normalized spacial score (nSPS) is 11.2. The van der Waals surface area contributed by atoms with Crippen LogP contribution in [0, 0.1) is 28.4 Å². The molecule has 0 saturated carbocycles. The topological polar surface area (TPSA) is 136 Å². The van der Waals surface area contributed by atoms with Gasteiger partial charge in [-0.1, -0.05) is 29.8 Å². The van der Waals surface area contributed by atoms with Gasteiger partial charge in [-0.05, 0) is 37.3 Å². The highest BCUT2D eigenvalue weighted by Gasteiger charge is 2.20. The number of nitrogens with one attached hydrogen (secondary N) is 1. The van der Waals surface area contributed by atoms with E-state index in [9.17, 15) is 25.0 Å².